The van der Waals surface area contributed by atoms with Crippen molar-refractivity contribution >= 4 is 5.97 Å². The predicted octanol–water partition coefficient (Wildman–Crippen LogP) is 2.15. The Balaban J connectivity index is 2.42. The van der Waals surface area contributed by atoms with Crippen molar-refractivity contribution in [2.24, 2.45) is 0 Å². The molecule has 0 bridgehead atoms. The van der Waals surface area contributed by atoms with Gasteiger partial charge in [0, 0.05) is 13.3 Å². The van der Waals surface area contributed by atoms with Crippen molar-refractivity contribution < 1.29 is 14.3 Å². The predicted molar refractivity (Wildman–Crippen MR) is 48.8 cm³/mol. The highest BCUT2D eigenvalue weighted by Gasteiger charge is 2.30. The number of hydrogen-bond donors (Lipinski definition) is 0. The van der Waals surface area contributed by atoms with Crippen molar-refractivity contribution in [3.05, 3.63) is 25.0 Å². The normalized spacial score (nSPS) is 26.4. The Hall–Kier alpha value is -1.25. The van der Waals surface area contributed by atoms with Gasteiger partial charge in [0.2, 0.25) is 0 Å². The van der Waals surface area contributed by atoms with Crippen LogP contribution in [0, 0.1) is 0 Å². The van der Waals surface area contributed by atoms with Crippen LogP contribution in [0.3, 0.4) is 0 Å². The number of unbranched alkanes of at least 4 members (excludes halogenated alkanes) is 1. The summed E-state index contributed by atoms with van der Waals surface area (Å²) in [6.07, 6.45) is 7.00. The van der Waals surface area contributed by atoms with Gasteiger partial charge in [0.15, 0.2) is 0 Å². The number of esters is 1. The molecule has 1 atom stereocenters. The zero-order valence-electron chi connectivity index (χ0n) is 7.79. The number of ether oxygens (including phenoxy) is 2. The molecule has 0 aliphatic carbocycles. The van der Waals surface area contributed by atoms with Crippen molar-refractivity contribution in [1.82, 2.24) is 0 Å². The summed E-state index contributed by atoms with van der Waals surface area (Å²) in [5.74, 6) is -1.12. The molecule has 1 unspecified atom stereocenters. The zero-order valence-corrected chi connectivity index (χ0v) is 7.79. The summed E-state index contributed by atoms with van der Waals surface area (Å²) in [5.41, 5.74) is 0. The summed E-state index contributed by atoms with van der Waals surface area (Å²) in [6.45, 7) is 5.38. The average Bonchev–Trinajstić information content (AvgIpc) is 2.04. The summed E-state index contributed by atoms with van der Waals surface area (Å²) < 4.78 is 10.3. The maximum atomic E-state index is 10.9. The number of carbonyl (C=O) groups is 1. The number of carbonyl (C=O) groups excluding carboxylic acids is 1. The van der Waals surface area contributed by atoms with Crippen LogP contribution < -0.4 is 0 Å². The molecule has 0 N–H and O–H groups in total. The van der Waals surface area contributed by atoms with Crippen molar-refractivity contribution in [3.8, 4) is 0 Å². The molecule has 72 valence electrons. The molecule has 0 radical (unpaired) electrons. The lowest BCUT2D eigenvalue weighted by atomic mass is 10.1. The molecule has 0 fully saturated rings. The first-order valence-corrected chi connectivity index (χ1v) is 4.34. The molecule has 0 spiro atoms. The van der Waals surface area contributed by atoms with E-state index in [1.807, 2.05) is 6.08 Å². The highest BCUT2D eigenvalue weighted by Crippen LogP contribution is 2.24. The highest BCUT2D eigenvalue weighted by atomic mass is 16.7. The monoisotopic (exact) mass is 182 g/mol. The van der Waals surface area contributed by atoms with Crippen LogP contribution in [-0.2, 0) is 14.3 Å². The molecule has 3 nitrogen and oxygen atoms in total. The second-order valence-electron chi connectivity index (χ2n) is 3.16. The molecular weight excluding hydrogens is 168 g/mol. The third-order valence-electron chi connectivity index (χ3n) is 1.88. The van der Waals surface area contributed by atoms with Gasteiger partial charge in [-0.05, 0) is 12.8 Å². The molecule has 13 heavy (non-hydrogen) atoms. The quantitative estimate of drug-likeness (QED) is 0.379. The van der Waals surface area contributed by atoms with Gasteiger partial charge in [-0.25, -0.2) is 4.79 Å². The van der Waals surface area contributed by atoms with E-state index in [-0.39, 0.29) is 5.97 Å². The molecule has 0 aromatic rings. The first kappa shape index (κ1) is 9.84. The van der Waals surface area contributed by atoms with Gasteiger partial charge in [-0.2, -0.15) is 0 Å². The maximum absolute atomic E-state index is 10.9. The second-order valence-corrected chi connectivity index (χ2v) is 3.16. The summed E-state index contributed by atoms with van der Waals surface area (Å²) in [7, 11) is 0. The number of allylic oxidation sites excluding steroid dienone is 1. The van der Waals surface area contributed by atoms with Gasteiger partial charge >= 0.3 is 5.97 Å². The van der Waals surface area contributed by atoms with E-state index in [4.69, 9.17) is 9.47 Å². The molecule has 0 saturated carbocycles. The topological polar surface area (TPSA) is 35.5 Å². The lowest BCUT2D eigenvalue weighted by molar-refractivity contribution is -0.209. The summed E-state index contributed by atoms with van der Waals surface area (Å²) >= 11 is 0. The molecule has 0 aromatic carbocycles. The van der Waals surface area contributed by atoms with Gasteiger partial charge in [-0.15, -0.1) is 6.58 Å². The summed E-state index contributed by atoms with van der Waals surface area (Å²) in [6, 6.07) is 0. The Morgan fingerprint density at radius 2 is 2.46 bits per heavy atom. The van der Waals surface area contributed by atoms with E-state index in [0.29, 0.717) is 6.42 Å². The molecule has 1 aliphatic rings. The van der Waals surface area contributed by atoms with Crippen LogP contribution in [0.5, 0.6) is 0 Å². The first-order chi connectivity index (χ1) is 6.16. The van der Waals surface area contributed by atoms with E-state index < -0.39 is 5.79 Å². The fraction of sp³-hybridized carbons (Fsp3) is 0.500. The smallest absolute Gasteiger partial charge is 0.337 e. The van der Waals surface area contributed by atoms with Crippen LogP contribution >= 0.6 is 0 Å². The van der Waals surface area contributed by atoms with Crippen LogP contribution in [0.25, 0.3) is 0 Å². The minimum atomic E-state index is -0.783. The molecule has 1 heterocycles. The number of cyclic esters (lactones) is 1. The minimum Gasteiger partial charge on any atom is -0.460 e. The van der Waals surface area contributed by atoms with Crippen LogP contribution in [0.15, 0.2) is 25.0 Å². The Morgan fingerprint density at radius 3 is 3.08 bits per heavy atom. The fourth-order valence-corrected chi connectivity index (χ4v) is 1.18. The van der Waals surface area contributed by atoms with E-state index in [9.17, 15) is 4.79 Å². The molecule has 0 saturated heterocycles. The molecule has 1 aliphatic heterocycles. The van der Waals surface area contributed by atoms with Gasteiger partial charge in [0.05, 0.1) is 12.3 Å². The van der Waals surface area contributed by atoms with Crippen LogP contribution in [-0.4, -0.2) is 11.8 Å². The lowest BCUT2D eigenvalue weighted by Crippen LogP contribution is -2.35. The Kier molecular flexibility index (Phi) is 3.12. The maximum Gasteiger partial charge on any atom is 0.337 e. The van der Waals surface area contributed by atoms with Gasteiger partial charge < -0.3 is 9.47 Å². The van der Waals surface area contributed by atoms with Crippen LogP contribution in [0.4, 0.5) is 0 Å². The van der Waals surface area contributed by atoms with E-state index in [2.05, 4.69) is 6.58 Å². The lowest BCUT2D eigenvalue weighted by Gasteiger charge is -2.30. The summed E-state index contributed by atoms with van der Waals surface area (Å²) in [4.78, 5) is 10.9. The van der Waals surface area contributed by atoms with E-state index in [1.54, 1.807) is 6.92 Å². The average molecular weight is 182 g/mol. The standard InChI is InChI=1S/C10H14O3/c1-3-4-5-7-10(2)12-8-6-9(11)13-10/h3,6,8H,1,4-5,7H2,2H3. The molecule has 0 amide bonds. The van der Waals surface area contributed by atoms with Gasteiger partial charge in [0.25, 0.3) is 5.79 Å². The van der Waals surface area contributed by atoms with Crippen molar-refractivity contribution in [2.75, 3.05) is 0 Å². The van der Waals surface area contributed by atoms with Crippen molar-refractivity contribution in [2.45, 2.75) is 32.0 Å². The van der Waals surface area contributed by atoms with E-state index in [0.717, 1.165) is 12.8 Å². The largest absolute Gasteiger partial charge is 0.460 e. The highest BCUT2D eigenvalue weighted by molar-refractivity contribution is 5.82. The fourth-order valence-electron chi connectivity index (χ4n) is 1.18. The molecule has 0 aromatic heterocycles. The second kappa shape index (κ2) is 4.12. The molecular formula is C10H14O3. The van der Waals surface area contributed by atoms with Crippen molar-refractivity contribution in [3.63, 3.8) is 0 Å². The Bertz CT molecular complexity index is 232. The third kappa shape index (κ3) is 2.93. The first-order valence-electron chi connectivity index (χ1n) is 4.34. The number of rotatable bonds is 4. The number of hydrogen-bond acceptors (Lipinski definition) is 3. The molecule has 3 heteroatoms. The van der Waals surface area contributed by atoms with Crippen LogP contribution in [0.1, 0.15) is 26.2 Å². The minimum absolute atomic E-state index is 0.340. The molecule has 1 rings (SSSR count). The Labute approximate surface area is 78.0 Å². The third-order valence-corrected chi connectivity index (χ3v) is 1.88. The zero-order chi connectivity index (χ0) is 9.73. The SMILES string of the molecule is C=CCCCC1(C)OC=CC(=O)O1. The van der Waals surface area contributed by atoms with Gasteiger partial charge in [-0.1, -0.05) is 6.08 Å². The van der Waals surface area contributed by atoms with Gasteiger partial charge in [-0.3, -0.25) is 0 Å². The van der Waals surface area contributed by atoms with E-state index in [1.165, 1.54) is 12.3 Å². The van der Waals surface area contributed by atoms with Crippen molar-refractivity contribution in [1.29, 1.82) is 0 Å². The summed E-state index contributed by atoms with van der Waals surface area (Å²) in [5, 5.41) is 0. The van der Waals surface area contributed by atoms with E-state index >= 15 is 0 Å². The Morgan fingerprint density at radius 1 is 1.69 bits per heavy atom. The van der Waals surface area contributed by atoms with Gasteiger partial charge in [0.1, 0.15) is 0 Å². The van der Waals surface area contributed by atoms with Crippen LogP contribution in [0.2, 0.25) is 0 Å².